The maximum atomic E-state index is 12.6. The van der Waals surface area contributed by atoms with E-state index < -0.39 is 15.6 Å². The highest BCUT2D eigenvalue weighted by atomic mass is 32.2. The number of hydrogen-bond donors (Lipinski definition) is 1. The maximum Gasteiger partial charge on any atom is 0.242 e. The van der Waals surface area contributed by atoms with Crippen molar-refractivity contribution >= 4 is 10.0 Å². The Morgan fingerprint density at radius 2 is 1.86 bits per heavy atom. The van der Waals surface area contributed by atoms with Crippen molar-refractivity contribution in [3.8, 4) is 12.1 Å². The minimum Gasteiger partial charge on any atom is -0.207 e. The minimum absolute atomic E-state index is 0.0711. The van der Waals surface area contributed by atoms with Gasteiger partial charge in [0.25, 0.3) is 0 Å². The standard InChI is InChI=1S/C15H17N3O2S/c1-12-5-6-13(10-16)9-14(12)21(19,20)18-15(11-17)7-3-2-4-8-15/h5-6,9,18H,2-4,7-8H2,1H3. The van der Waals surface area contributed by atoms with Crippen LogP contribution in [0.3, 0.4) is 0 Å². The van der Waals surface area contributed by atoms with Gasteiger partial charge in [0.2, 0.25) is 10.0 Å². The molecule has 0 aromatic heterocycles. The molecule has 1 fully saturated rings. The monoisotopic (exact) mass is 303 g/mol. The fourth-order valence-electron chi connectivity index (χ4n) is 2.66. The van der Waals surface area contributed by atoms with E-state index in [-0.39, 0.29) is 10.5 Å². The first kappa shape index (κ1) is 15.5. The molecule has 6 heteroatoms. The number of sulfonamides is 1. The van der Waals surface area contributed by atoms with Crippen LogP contribution >= 0.6 is 0 Å². The van der Waals surface area contributed by atoms with Gasteiger partial charge in [-0.15, -0.1) is 0 Å². The molecule has 0 heterocycles. The summed E-state index contributed by atoms with van der Waals surface area (Å²) in [5.41, 5.74) is -0.173. The summed E-state index contributed by atoms with van der Waals surface area (Å²) >= 11 is 0. The Balaban J connectivity index is 2.39. The van der Waals surface area contributed by atoms with E-state index in [1.54, 1.807) is 19.1 Å². The maximum absolute atomic E-state index is 12.6. The molecule has 1 aromatic carbocycles. The van der Waals surface area contributed by atoms with E-state index in [9.17, 15) is 13.7 Å². The van der Waals surface area contributed by atoms with Crippen LogP contribution in [0.25, 0.3) is 0 Å². The van der Waals surface area contributed by atoms with Crippen LogP contribution < -0.4 is 4.72 Å². The van der Waals surface area contributed by atoms with Gasteiger partial charge in [-0.2, -0.15) is 15.2 Å². The molecule has 110 valence electrons. The molecule has 0 radical (unpaired) electrons. The third-order valence-electron chi connectivity index (χ3n) is 3.86. The lowest BCUT2D eigenvalue weighted by atomic mass is 9.84. The van der Waals surface area contributed by atoms with Gasteiger partial charge in [-0.3, -0.25) is 0 Å². The van der Waals surface area contributed by atoms with Crippen molar-refractivity contribution in [3.05, 3.63) is 29.3 Å². The quantitative estimate of drug-likeness (QED) is 0.927. The number of nitrogens with one attached hydrogen (secondary N) is 1. The average molecular weight is 303 g/mol. The molecule has 1 aliphatic carbocycles. The largest absolute Gasteiger partial charge is 0.242 e. The third kappa shape index (κ3) is 3.24. The van der Waals surface area contributed by atoms with Crippen LogP contribution in [0, 0.1) is 29.6 Å². The summed E-state index contributed by atoms with van der Waals surface area (Å²) < 4.78 is 27.7. The first-order chi connectivity index (χ1) is 9.92. The summed E-state index contributed by atoms with van der Waals surface area (Å²) in [6, 6.07) is 8.61. The predicted octanol–water partition coefficient (Wildman–Crippen LogP) is 2.37. The van der Waals surface area contributed by atoms with Crippen LogP contribution in [-0.2, 0) is 10.0 Å². The van der Waals surface area contributed by atoms with E-state index in [1.807, 2.05) is 6.07 Å². The van der Waals surface area contributed by atoms with Crippen molar-refractivity contribution in [1.29, 1.82) is 10.5 Å². The second-order valence-corrected chi connectivity index (χ2v) is 7.10. The summed E-state index contributed by atoms with van der Waals surface area (Å²) in [6.45, 7) is 1.68. The van der Waals surface area contributed by atoms with E-state index in [0.717, 1.165) is 19.3 Å². The Labute approximate surface area is 125 Å². The van der Waals surface area contributed by atoms with E-state index in [4.69, 9.17) is 5.26 Å². The van der Waals surface area contributed by atoms with E-state index in [2.05, 4.69) is 10.8 Å². The van der Waals surface area contributed by atoms with Crippen LogP contribution in [0.1, 0.15) is 43.2 Å². The minimum atomic E-state index is -3.82. The zero-order chi connectivity index (χ0) is 15.5. The number of aryl methyl sites for hydroxylation is 1. The molecule has 0 bridgehead atoms. The molecule has 1 saturated carbocycles. The van der Waals surface area contributed by atoms with Crippen LogP contribution in [-0.4, -0.2) is 14.0 Å². The SMILES string of the molecule is Cc1ccc(C#N)cc1S(=O)(=O)NC1(C#N)CCCCC1. The molecule has 0 unspecified atom stereocenters. The normalized spacial score (nSPS) is 17.7. The molecule has 0 amide bonds. The Morgan fingerprint density at radius 1 is 1.19 bits per heavy atom. The molecule has 1 aliphatic rings. The zero-order valence-corrected chi connectivity index (χ0v) is 12.7. The molecule has 1 N–H and O–H groups in total. The van der Waals surface area contributed by atoms with Gasteiger partial charge in [0, 0.05) is 0 Å². The number of benzene rings is 1. The Bertz CT molecular complexity index is 720. The fourth-order valence-corrected chi connectivity index (χ4v) is 4.31. The molecule has 0 spiro atoms. The number of nitriles is 2. The van der Waals surface area contributed by atoms with Crippen molar-refractivity contribution in [2.75, 3.05) is 0 Å². The van der Waals surface area contributed by atoms with Gasteiger partial charge in [-0.25, -0.2) is 8.42 Å². The second kappa shape index (κ2) is 5.85. The van der Waals surface area contributed by atoms with Gasteiger partial charge < -0.3 is 0 Å². The molecular formula is C15H17N3O2S. The topological polar surface area (TPSA) is 93.8 Å². The summed E-state index contributed by atoms with van der Waals surface area (Å²) in [5.74, 6) is 0. The highest BCUT2D eigenvalue weighted by molar-refractivity contribution is 7.89. The van der Waals surface area contributed by atoms with Gasteiger partial charge in [0.1, 0.15) is 5.54 Å². The molecule has 1 aromatic rings. The van der Waals surface area contributed by atoms with Gasteiger partial charge in [-0.1, -0.05) is 25.3 Å². The highest BCUT2D eigenvalue weighted by Crippen LogP contribution is 2.30. The molecule has 0 aliphatic heterocycles. The number of rotatable bonds is 3. The average Bonchev–Trinajstić information content (AvgIpc) is 2.48. The lowest BCUT2D eigenvalue weighted by Crippen LogP contribution is -2.48. The fraction of sp³-hybridized carbons (Fsp3) is 0.467. The Morgan fingerprint density at radius 3 is 2.43 bits per heavy atom. The van der Waals surface area contributed by atoms with Crippen molar-refractivity contribution in [2.45, 2.75) is 49.5 Å². The summed E-state index contributed by atoms with van der Waals surface area (Å²) in [4.78, 5) is 0.0711. The first-order valence-corrected chi connectivity index (χ1v) is 8.37. The lowest BCUT2D eigenvalue weighted by molar-refractivity contribution is 0.338. The Hall–Kier alpha value is -1.89. The van der Waals surface area contributed by atoms with Gasteiger partial charge in [0.15, 0.2) is 0 Å². The van der Waals surface area contributed by atoms with Crippen LogP contribution in [0.2, 0.25) is 0 Å². The van der Waals surface area contributed by atoms with Crippen molar-refractivity contribution in [1.82, 2.24) is 4.72 Å². The van der Waals surface area contributed by atoms with Crippen LogP contribution in [0.5, 0.6) is 0 Å². The van der Waals surface area contributed by atoms with E-state index in [1.165, 1.54) is 6.07 Å². The lowest BCUT2D eigenvalue weighted by Gasteiger charge is -2.31. The predicted molar refractivity (Wildman–Crippen MR) is 77.6 cm³/mol. The van der Waals surface area contributed by atoms with Crippen LogP contribution in [0.15, 0.2) is 23.1 Å². The van der Waals surface area contributed by atoms with Gasteiger partial charge >= 0.3 is 0 Å². The molecule has 0 saturated heterocycles. The number of nitrogens with zero attached hydrogens (tertiary/aromatic N) is 2. The third-order valence-corrected chi connectivity index (χ3v) is 5.54. The smallest absolute Gasteiger partial charge is 0.207 e. The molecule has 5 nitrogen and oxygen atoms in total. The Kier molecular flexibility index (Phi) is 4.32. The number of hydrogen-bond acceptors (Lipinski definition) is 4. The van der Waals surface area contributed by atoms with Gasteiger partial charge in [-0.05, 0) is 37.5 Å². The van der Waals surface area contributed by atoms with E-state index >= 15 is 0 Å². The summed E-state index contributed by atoms with van der Waals surface area (Å²) in [7, 11) is -3.82. The molecule has 21 heavy (non-hydrogen) atoms. The summed E-state index contributed by atoms with van der Waals surface area (Å²) in [5, 5.41) is 18.3. The summed E-state index contributed by atoms with van der Waals surface area (Å²) in [6.07, 6.45) is 3.76. The van der Waals surface area contributed by atoms with Crippen molar-refractivity contribution < 1.29 is 8.42 Å². The first-order valence-electron chi connectivity index (χ1n) is 6.88. The van der Waals surface area contributed by atoms with Gasteiger partial charge in [0.05, 0.1) is 22.6 Å². The molecular weight excluding hydrogens is 286 g/mol. The van der Waals surface area contributed by atoms with Crippen LogP contribution in [0.4, 0.5) is 0 Å². The zero-order valence-electron chi connectivity index (χ0n) is 11.9. The van der Waals surface area contributed by atoms with Crippen molar-refractivity contribution in [3.63, 3.8) is 0 Å². The highest BCUT2D eigenvalue weighted by Gasteiger charge is 2.37. The molecule has 0 atom stereocenters. The molecule has 2 rings (SSSR count). The second-order valence-electron chi connectivity index (χ2n) is 5.45. The van der Waals surface area contributed by atoms with Crippen molar-refractivity contribution in [2.24, 2.45) is 0 Å². The van der Waals surface area contributed by atoms with E-state index in [0.29, 0.717) is 18.4 Å².